The fourth-order valence-electron chi connectivity index (χ4n) is 2.66. The van der Waals surface area contributed by atoms with E-state index in [1.54, 1.807) is 18.2 Å². The Morgan fingerprint density at radius 2 is 1.80 bits per heavy atom. The zero-order valence-electron chi connectivity index (χ0n) is 13.5. The third-order valence-corrected chi connectivity index (χ3v) is 5.53. The lowest BCUT2D eigenvalue weighted by Gasteiger charge is -2.08. The molecule has 0 amide bonds. The van der Waals surface area contributed by atoms with Crippen LogP contribution in [0.25, 0.3) is 11.1 Å². The maximum absolute atomic E-state index is 14.2. The van der Waals surface area contributed by atoms with E-state index in [4.69, 9.17) is 16.3 Å². The quantitative estimate of drug-likeness (QED) is 0.762. The molecule has 1 aliphatic heterocycles. The molecule has 0 N–H and O–H groups in total. The zero-order chi connectivity index (χ0) is 18.4. The number of hydrogen-bond donors (Lipinski definition) is 0. The normalized spacial score (nSPS) is 14.8. The maximum Gasteiger partial charge on any atom is 0.339 e. The van der Waals surface area contributed by atoms with Crippen molar-refractivity contribution in [2.75, 3.05) is 12.9 Å². The van der Waals surface area contributed by atoms with Crippen LogP contribution in [0.15, 0.2) is 41.3 Å². The second-order valence-electron chi connectivity index (χ2n) is 5.81. The van der Waals surface area contributed by atoms with Crippen molar-refractivity contribution in [3.05, 3.63) is 63.9 Å². The molecule has 1 heterocycles. The number of carbonyl (C=O) groups excluding carboxylic acids is 1. The van der Waals surface area contributed by atoms with Gasteiger partial charge in [-0.1, -0.05) is 29.8 Å². The lowest BCUT2D eigenvalue weighted by molar-refractivity contribution is -0.133. The second kappa shape index (κ2) is 6.28. The highest BCUT2D eigenvalue weighted by Gasteiger charge is 2.28. The molecule has 0 fully saturated rings. The van der Waals surface area contributed by atoms with Gasteiger partial charge in [-0.3, -0.25) is 0 Å². The van der Waals surface area contributed by atoms with Gasteiger partial charge in [-0.05, 0) is 41.8 Å². The van der Waals surface area contributed by atoms with Crippen LogP contribution in [0.1, 0.15) is 16.7 Å². The molecule has 7 heteroatoms. The third kappa shape index (κ3) is 3.32. The van der Waals surface area contributed by atoms with E-state index in [1.165, 1.54) is 12.1 Å². The lowest BCUT2D eigenvalue weighted by Crippen LogP contribution is -2.02. The fourth-order valence-corrected chi connectivity index (χ4v) is 3.57. The highest BCUT2D eigenvalue weighted by Crippen LogP contribution is 2.35. The Morgan fingerprint density at radius 3 is 2.40 bits per heavy atom. The van der Waals surface area contributed by atoms with E-state index in [0.717, 1.165) is 17.9 Å². The summed E-state index contributed by atoms with van der Waals surface area (Å²) in [6.07, 6.45) is 0.937. The van der Waals surface area contributed by atoms with Gasteiger partial charge in [0, 0.05) is 16.9 Å². The molecule has 0 saturated heterocycles. The highest BCUT2D eigenvalue weighted by molar-refractivity contribution is 7.90. The van der Waals surface area contributed by atoms with E-state index in [1.807, 2.05) is 6.92 Å². The summed E-state index contributed by atoms with van der Waals surface area (Å²) in [5.74, 6) is -1.39. The molecule has 0 unspecified atom stereocenters. The van der Waals surface area contributed by atoms with Gasteiger partial charge in [0.2, 0.25) is 0 Å². The number of hydrogen-bond acceptors (Lipinski definition) is 4. The van der Waals surface area contributed by atoms with Crippen molar-refractivity contribution >= 4 is 38.6 Å². The van der Waals surface area contributed by atoms with Crippen LogP contribution < -0.4 is 0 Å². The maximum atomic E-state index is 14.2. The van der Waals surface area contributed by atoms with Gasteiger partial charge in [0.1, 0.15) is 17.3 Å². The fraction of sp³-hybridized carbons (Fsp3) is 0.167. The minimum Gasteiger partial charge on any atom is -0.457 e. The first-order valence-corrected chi connectivity index (χ1v) is 9.62. The lowest BCUT2D eigenvalue weighted by atomic mass is 9.96. The number of rotatable bonds is 3. The minimum atomic E-state index is -3.67. The average Bonchev–Trinajstić information content (AvgIpc) is 2.90. The predicted octanol–water partition coefficient (Wildman–Crippen LogP) is 3.66. The van der Waals surface area contributed by atoms with E-state index in [-0.39, 0.29) is 11.5 Å². The Kier molecular flexibility index (Phi) is 4.43. The first-order valence-electron chi connectivity index (χ1n) is 7.35. The highest BCUT2D eigenvalue weighted by atomic mass is 35.5. The van der Waals surface area contributed by atoms with Gasteiger partial charge < -0.3 is 4.74 Å². The van der Waals surface area contributed by atoms with Crippen LogP contribution in [0, 0.1) is 12.7 Å². The minimum absolute atomic E-state index is 0.0165. The molecule has 0 atom stereocenters. The van der Waals surface area contributed by atoms with Crippen LogP contribution in [0.2, 0.25) is 5.02 Å². The molecule has 0 radical (unpaired) electrons. The Morgan fingerprint density at radius 1 is 1.12 bits per heavy atom. The number of esters is 1. The molecule has 130 valence electrons. The number of sulfone groups is 1. The summed E-state index contributed by atoms with van der Waals surface area (Å²) in [6.45, 7) is 1.82. The van der Waals surface area contributed by atoms with E-state index < -0.39 is 21.6 Å². The average molecular weight is 381 g/mol. The standard InChI is InChI=1S/C18H14ClFO4S/c1-10-3-4-12(7-14(10)19)17-13(9-24-18(17)21)11-5-6-16(15(20)8-11)25(2,22)23/h3-8H,9H2,1-2H3. The second-order valence-corrected chi connectivity index (χ2v) is 8.20. The molecule has 0 aromatic heterocycles. The van der Waals surface area contributed by atoms with Crippen molar-refractivity contribution in [3.63, 3.8) is 0 Å². The van der Waals surface area contributed by atoms with Crippen LogP contribution in [-0.2, 0) is 19.4 Å². The molecule has 1 aliphatic rings. The molecule has 3 rings (SSSR count). The monoisotopic (exact) mass is 380 g/mol. The van der Waals surface area contributed by atoms with Crippen molar-refractivity contribution in [3.8, 4) is 0 Å². The number of cyclic esters (lactones) is 1. The zero-order valence-corrected chi connectivity index (χ0v) is 15.0. The largest absolute Gasteiger partial charge is 0.457 e. The molecule has 0 saturated carbocycles. The summed E-state index contributed by atoms with van der Waals surface area (Å²) >= 11 is 6.13. The van der Waals surface area contributed by atoms with Crippen molar-refractivity contribution < 1.29 is 22.3 Å². The molecular weight excluding hydrogens is 367 g/mol. The van der Waals surface area contributed by atoms with Crippen molar-refractivity contribution in [2.24, 2.45) is 0 Å². The number of ether oxygens (including phenoxy) is 1. The summed E-state index contributed by atoms with van der Waals surface area (Å²) in [5.41, 5.74) is 2.61. The van der Waals surface area contributed by atoms with Gasteiger partial charge in [0.25, 0.3) is 0 Å². The smallest absolute Gasteiger partial charge is 0.339 e. The number of benzene rings is 2. The summed E-state index contributed by atoms with van der Waals surface area (Å²) in [7, 11) is -3.67. The Bertz CT molecular complexity index is 1030. The molecule has 2 aromatic rings. The van der Waals surface area contributed by atoms with Gasteiger partial charge in [-0.25, -0.2) is 17.6 Å². The number of halogens is 2. The van der Waals surface area contributed by atoms with Gasteiger partial charge in [-0.15, -0.1) is 0 Å². The van der Waals surface area contributed by atoms with Crippen LogP contribution in [-0.4, -0.2) is 27.2 Å². The van der Waals surface area contributed by atoms with E-state index in [9.17, 15) is 17.6 Å². The molecule has 0 aliphatic carbocycles. The van der Waals surface area contributed by atoms with Gasteiger partial charge in [-0.2, -0.15) is 0 Å². The summed E-state index contributed by atoms with van der Waals surface area (Å²) in [5, 5.41) is 0.502. The van der Waals surface area contributed by atoms with Crippen molar-refractivity contribution in [1.82, 2.24) is 0 Å². The predicted molar refractivity (Wildman–Crippen MR) is 93.5 cm³/mol. The van der Waals surface area contributed by atoms with E-state index >= 15 is 0 Å². The summed E-state index contributed by atoms with van der Waals surface area (Å²) in [4.78, 5) is 11.8. The first kappa shape index (κ1) is 17.6. The Balaban J connectivity index is 2.16. The third-order valence-electron chi connectivity index (χ3n) is 3.99. The van der Waals surface area contributed by atoms with Crippen molar-refractivity contribution in [1.29, 1.82) is 0 Å². The molecule has 25 heavy (non-hydrogen) atoms. The topological polar surface area (TPSA) is 60.4 Å². The number of carbonyl (C=O) groups is 1. The van der Waals surface area contributed by atoms with Crippen LogP contribution in [0.4, 0.5) is 4.39 Å². The molecular formula is C18H14ClFO4S. The van der Waals surface area contributed by atoms with Crippen LogP contribution >= 0.6 is 11.6 Å². The summed E-state index contributed by atoms with van der Waals surface area (Å²) < 4.78 is 42.4. The summed E-state index contributed by atoms with van der Waals surface area (Å²) in [6, 6.07) is 8.93. The van der Waals surface area contributed by atoms with Gasteiger partial charge >= 0.3 is 5.97 Å². The van der Waals surface area contributed by atoms with Crippen LogP contribution in [0.3, 0.4) is 0 Å². The molecule has 0 bridgehead atoms. The van der Waals surface area contributed by atoms with Crippen LogP contribution in [0.5, 0.6) is 0 Å². The van der Waals surface area contributed by atoms with E-state index in [2.05, 4.69) is 0 Å². The Hall–Kier alpha value is -2.18. The molecule has 4 nitrogen and oxygen atoms in total. The van der Waals surface area contributed by atoms with E-state index in [0.29, 0.717) is 27.3 Å². The van der Waals surface area contributed by atoms with Gasteiger partial charge in [0.15, 0.2) is 9.84 Å². The SMILES string of the molecule is Cc1ccc(C2=C(c3ccc(S(C)(=O)=O)c(F)c3)COC2=O)cc1Cl. The van der Waals surface area contributed by atoms with Crippen molar-refractivity contribution in [2.45, 2.75) is 11.8 Å². The number of aryl methyl sites for hydroxylation is 1. The van der Waals surface area contributed by atoms with Gasteiger partial charge in [0.05, 0.1) is 5.57 Å². The molecule has 0 spiro atoms. The Labute approximate surface area is 149 Å². The molecule has 2 aromatic carbocycles. The first-order chi connectivity index (χ1) is 11.7.